The second kappa shape index (κ2) is 9.45. The Balaban J connectivity index is 1.53. The molecule has 0 saturated carbocycles. The summed E-state index contributed by atoms with van der Waals surface area (Å²) >= 11 is 1.36. The van der Waals surface area contributed by atoms with E-state index in [2.05, 4.69) is 20.4 Å². The number of benzene rings is 1. The summed E-state index contributed by atoms with van der Waals surface area (Å²) in [4.78, 5) is 14.5. The third-order valence-electron chi connectivity index (χ3n) is 4.29. The number of piperidine rings is 1. The summed E-state index contributed by atoms with van der Waals surface area (Å²) in [6, 6.07) is 9.15. The van der Waals surface area contributed by atoms with Gasteiger partial charge in [0.15, 0.2) is 5.82 Å². The molecule has 1 aromatic heterocycles. The molecular weight excluding hydrogens is 364 g/mol. The summed E-state index contributed by atoms with van der Waals surface area (Å²) in [7, 11) is 3.14. The van der Waals surface area contributed by atoms with Crippen molar-refractivity contribution in [3.05, 3.63) is 30.3 Å². The molecule has 1 N–H and O–H groups in total. The number of hydrogen-bond donors (Lipinski definition) is 1. The lowest BCUT2D eigenvalue weighted by Crippen LogP contribution is -2.30. The van der Waals surface area contributed by atoms with E-state index in [1.807, 2.05) is 12.1 Å². The maximum absolute atomic E-state index is 12.2. The van der Waals surface area contributed by atoms with Gasteiger partial charge in [-0.25, -0.2) is 0 Å². The van der Waals surface area contributed by atoms with Crippen molar-refractivity contribution in [2.45, 2.75) is 24.3 Å². The molecule has 144 valence electrons. The van der Waals surface area contributed by atoms with Crippen molar-refractivity contribution >= 4 is 29.2 Å². The van der Waals surface area contributed by atoms with Gasteiger partial charge in [-0.15, -0.1) is 10.2 Å². The fourth-order valence-corrected chi connectivity index (χ4v) is 3.51. The number of aromatic nitrogens is 2. The highest BCUT2D eigenvalue weighted by Crippen LogP contribution is 2.26. The van der Waals surface area contributed by atoms with Gasteiger partial charge >= 0.3 is 0 Å². The standard InChI is InChI=1S/C19H24N4O3S/c1-25-15-10-14(11-16(12-15)26-2)20-18(24)13-27-19-7-6-17(21-22-19)23-8-4-3-5-9-23/h6-7,10-12H,3-5,8-9,13H2,1-2H3,(H,20,24). The zero-order valence-corrected chi connectivity index (χ0v) is 16.4. The summed E-state index contributed by atoms with van der Waals surface area (Å²) in [6.45, 7) is 2.07. The Morgan fingerprint density at radius 1 is 1.07 bits per heavy atom. The molecule has 0 bridgehead atoms. The van der Waals surface area contributed by atoms with Gasteiger partial charge in [0, 0.05) is 37.0 Å². The first-order chi connectivity index (χ1) is 13.2. The summed E-state index contributed by atoms with van der Waals surface area (Å²) in [6.07, 6.45) is 3.69. The molecule has 27 heavy (non-hydrogen) atoms. The first-order valence-electron chi connectivity index (χ1n) is 8.92. The molecule has 3 rings (SSSR count). The number of anilines is 2. The summed E-state index contributed by atoms with van der Waals surface area (Å²) < 4.78 is 10.4. The zero-order valence-electron chi connectivity index (χ0n) is 15.6. The third kappa shape index (κ3) is 5.50. The van der Waals surface area contributed by atoms with Crippen LogP contribution in [-0.2, 0) is 4.79 Å². The summed E-state index contributed by atoms with van der Waals surface area (Å²) in [5.41, 5.74) is 0.628. The van der Waals surface area contributed by atoms with Crippen LogP contribution in [0.15, 0.2) is 35.4 Å². The van der Waals surface area contributed by atoms with E-state index in [4.69, 9.17) is 9.47 Å². The molecule has 8 heteroatoms. The average molecular weight is 388 g/mol. The minimum atomic E-state index is -0.128. The largest absolute Gasteiger partial charge is 0.497 e. The second-order valence-electron chi connectivity index (χ2n) is 6.22. The van der Waals surface area contributed by atoms with Crippen molar-refractivity contribution in [3.63, 3.8) is 0 Å². The maximum Gasteiger partial charge on any atom is 0.234 e. The number of thioether (sulfide) groups is 1. The third-order valence-corrected chi connectivity index (χ3v) is 5.21. The smallest absolute Gasteiger partial charge is 0.234 e. The van der Waals surface area contributed by atoms with Gasteiger partial charge in [-0.1, -0.05) is 11.8 Å². The molecule has 0 unspecified atom stereocenters. The van der Waals surface area contributed by atoms with E-state index in [0.29, 0.717) is 17.2 Å². The minimum absolute atomic E-state index is 0.128. The van der Waals surface area contributed by atoms with Gasteiger partial charge in [-0.3, -0.25) is 4.79 Å². The second-order valence-corrected chi connectivity index (χ2v) is 7.21. The van der Waals surface area contributed by atoms with Gasteiger partial charge in [0.1, 0.15) is 16.5 Å². The van der Waals surface area contributed by atoms with Crippen molar-refractivity contribution in [2.75, 3.05) is 43.3 Å². The Morgan fingerprint density at radius 3 is 2.37 bits per heavy atom. The highest BCUT2D eigenvalue weighted by Gasteiger charge is 2.13. The number of carbonyl (C=O) groups excluding carboxylic acids is 1. The average Bonchev–Trinajstić information content (AvgIpc) is 2.73. The monoisotopic (exact) mass is 388 g/mol. The minimum Gasteiger partial charge on any atom is -0.497 e. The van der Waals surface area contributed by atoms with E-state index in [9.17, 15) is 4.79 Å². The van der Waals surface area contributed by atoms with Crippen LogP contribution in [0.5, 0.6) is 11.5 Å². The predicted molar refractivity (Wildman–Crippen MR) is 107 cm³/mol. The topological polar surface area (TPSA) is 76.6 Å². The van der Waals surface area contributed by atoms with Gasteiger partial charge in [0.2, 0.25) is 5.91 Å². The highest BCUT2D eigenvalue weighted by atomic mass is 32.2. The van der Waals surface area contributed by atoms with Crippen LogP contribution in [0.1, 0.15) is 19.3 Å². The van der Waals surface area contributed by atoms with E-state index in [-0.39, 0.29) is 11.7 Å². The van der Waals surface area contributed by atoms with Crippen LogP contribution in [0.2, 0.25) is 0 Å². The first kappa shape index (κ1) is 19.3. The number of hydrogen-bond acceptors (Lipinski definition) is 7. The number of methoxy groups -OCH3 is 2. The molecule has 1 fully saturated rings. The van der Waals surface area contributed by atoms with E-state index in [1.165, 1.54) is 31.0 Å². The molecule has 0 radical (unpaired) electrons. The Kier molecular flexibility index (Phi) is 6.75. The Labute approximate surface area is 163 Å². The molecule has 0 spiro atoms. The molecule has 0 atom stereocenters. The van der Waals surface area contributed by atoms with Gasteiger partial charge in [-0.2, -0.15) is 0 Å². The quantitative estimate of drug-likeness (QED) is 0.730. The number of carbonyl (C=O) groups is 1. The van der Waals surface area contributed by atoms with E-state index in [0.717, 1.165) is 23.9 Å². The van der Waals surface area contributed by atoms with E-state index in [1.54, 1.807) is 32.4 Å². The van der Waals surface area contributed by atoms with Crippen LogP contribution in [0, 0.1) is 0 Å². The lowest BCUT2D eigenvalue weighted by Gasteiger charge is -2.27. The first-order valence-corrected chi connectivity index (χ1v) is 9.91. The fourth-order valence-electron chi connectivity index (χ4n) is 2.90. The number of amides is 1. The normalized spacial score (nSPS) is 13.9. The molecule has 1 aromatic carbocycles. The van der Waals surface area contributed by atoms with Gasteiger partial charge in [-0.05, 0) is 31.4 Å². The lowest BCUT2D eigenvalue weighted by atomic mass is 10.1. The van der Waals surface area contributed by atoms with Crippen LogP contribution in [-0.4, -0.2) is 49.2 Å². The van der Waals surface area contributed by atoms with Crippen LogP contribution in [0.25, 0.3) is 0 Å². The fraction of sp³-hybridized carbons (Fsp3) is 0.421. The Morgan fingerprint density at radius 2 is 1.78 bits per heavy atom. The van der Waals surface area contributed by atoms with Crippen molar-refractivity contribution < 1.29 is 14.3 Å². The van der Waals surface area contributed by atoms with Crippen LogP contribution >= 0.6 is 11.8 Å². The van der Waals surface area contributed by atoms with Crippen molar-refractivity contribution in [1.82, 2.24) is 10.2 Å². The Bertz CT molecular complexity index is 742. The van der Waals surface area contributed by atoms with Crippen molar-refractivity contribution in [2.24, 2.45) is 0 Å². The van der Waals surface area contributed by atoms with Gasteiger partial charge < -0.3 is 19.7 Å². The highest BCUT2D eigenvalue weighted by molar-refractivity contribution is 7.99. The maximum atomic E-state index is 12.2. The zero-order chi connectivity index (χ0) is 19.1. The number of nitrogens with zero attached hydrogens (tertiary/aromatic N) is 3. The molecular formula is C19H24N4O3S. The lowest BCUT2D eigenvalue weighted by molar-refractivity contribution is -0.113. The molecule has 1 aliphatic heterocycles. The van der Waals surface area contributed by atoms with Gasteiger partial charge in [0.05, 0.1) is 20.0 Å². The molecule has 1 amide bonds. The molecule has 1 saturated heterocycles. The van der Waals surface area contributed by atoms with Gasteiger partial charge in [0.25, 0.3) is 0 Å². The SMILES string of the molecule is COc1cc(NC(=O)CSc2ccc(N3CCCCC3)nn2)cc(OC)c1. The molecule has 7 nitrogen and oxygen atoms in total. The summed E-state index contributed by atoms with van der Waals surface area (Å²) in [5.74, 6) is 2.27. The Hall–Kier alpha value is -2.48. The van der Waals surface area contributed by atoms with Crippen molar-refractivity contribution in [1.29, 1.82) is 0 Å². The van der Waals surface area contributed by atoms with Crippen molar-refractivity contribution in [3.8, 4) is 11.5 Å². The molecule has 2 aromatic rings. The van der Waals surface area contributed by atoms with E-state index >= 15 is 0 Å². The number of rotatable bonds is 7. The van der Waals surface area contributed by atoms with Crippen LogP contribution < -0.4 is 19.7 Å². The predicted octanol–water partition coefficient (Wildman–Crippen LogP) is 3.21. The summed E-state index contributed by atoms with van der Waals surface area (Å²) in [5, 5.41) is 12.1. The van der Waals surface area contributed by atoms with E-state index < -0.39 is 0 Å². The van der Waals surface area contributed by atoms with Crippen LogP contribution in [0.4, 0.5) is 11.5 Å². The molecule has 1 aliphatic rings. The molecule has 2 heterocycles. The number of nitrogens with one attached hydrogen (secondary N) is 1. The van der Waals surface area contributed by atoms with Crippen LogP contribution in [0.3, 0.4) is 0 Å². The number of ether oxygens (including phenoxy) is 2. The molecule has 0 aliphatic carbocycles.